The third kappa shape index (κ3) is 3.70. The molecule has 1 N–H and O–H groups in total. The number of benzene rings is 2. The van der Waals surface area contributed by atoms with Gasteiger partial charge in [-0.25, -0.2) is 14.1 Å². The molecule has 6 rings (SSSR count). The Morgan fingerprint density at radius 1 is 1.26 bits per heavy atom. The molecule has 2 aliphatic rings. The van der Waals surface area contributed by atoms with Crippen LogP contribution in [0.5, 0.6) is 5.75 Å². The summed E-state index contributed by atoms with van der Waals surface area (Å²) in [7, 11) is 0. The summed E-state index contributed by atoms with van der Waals surface area (Å²) in [6.07, 6.45) is 5.95. The first-order chi connectivity index (χ1) is 16.1. The molecule has 1 aliphatic carbocycles. The number of rotatable bonds is 4. The van der Waals surface area contributed by atoms with E-state index in [1.165, 1.54) is 6.07 Å². The highest BCUT2D eigenvalue weighted by molar-refractivity contribution is 6.06. The topological polar surface area (TPSA) is 99.7 Å². The molecule has 3 heterocycles. The van der Waals surface area contributed by atoms with Gasteiger partial charge in [-0.1, -0.05) is 13.5 Å². The number of amides is 1. The highest BCUT2D eigenvalue weighted by Gasteiger charge is 2.27. The summed E-state index contributed by atoms with van der Waals surface area (Å²) >= 11 is 0. The summed E-state index contributed by atoms with van der Waals surface area (Å²) in [4.78, 5) is 17.6. The van der Waals surface area contributed by atoms with Crippen LogP contribution in [-0.2, 0) is 6.54 Å². The summed E-state index contributed by atoms with van der Waals surface area (Å²) in [6, 6.07) is 8.23. The number of carbonyl (C=O) groups excluding carboxylic acids is 1. The number of ether oxygens (including phenoxy) is 1. The number of nitrogens with one attached hydrogen (secondary N) is 1. The quantitative estimate of drug-likeness (QED) is 0.491. The largest absolute Gasteiger partial charge is 0.489 e. The third-order valence-electron chi connectivity index (χ3n) is 5.99. The van der Waals surface area contributed by atoms with Crippen molar-refractivity contribution in [3.63, 3.8) is 0 Å². The average molecular weight is 462 g/mol. The second-order valence-electron chi connectivity index (χ2n) is 8.31. The summed E-state index contributed by atoms with van der Waals surface area (Å²) in [5.41, 5.74) is 3.47. The molecule has 1 saturated carbocycles. The lowest BCUT2D eigenvalue weighted by atomic mass is 10.1. The fourth-order valence-corrected chi connectivity index (χ4v) is 4.11. The van der Waals surface area contributed by atoms with Crippen molar-refractivity contribution in [1.82, 2.24) is 29.8 Å². The van der Waals surface area contributed by atoms with Gasteiger partial charge in [0, 0.05) is 12.1 Å². The molecule has 1 aliphatic heterocycles. The number of aryl methyl sites for hydroxylation is 1. The Morgan fingerprint density at radius 3 is 2.94 bits per heavy atom. The fourth-order valence-electron chi connectivity index (χ4n) is 4.11. The molecular weight excluding hydrogens is 437 g/mol. The van der Waals surface area contributed by atoms with E-state index in [9.17, 15) is 9.18 Å². The van der Waals surface area contributed by atoms with Crippen molar-refractivity contribution >= 4 is 11.6 Å². The molecule has 2 aromatic carbocycles. The van der Waals surface area contributed by atoms with Crippen LogP contribution < -0.4 is 10.1 Å². The number of carbonyl (C=O) groups is 1. The van der Waals surface area contributed by atoms with Crippen LogP contribution in [0.4, 0.5) is 10.1 Å². The van der Waals surface area contributed by atoms with Crippen molar-refractivity contribution in [2.45, 2.75) is 39.7 Å². The van der Waals surface area contributed by atoms with E-state index < -0.39 is 11.7 Å². The zero-order valence-electron chi connectivity index (χ0n) is 17.8. The number of nitrogens with zero attached hydrogens (tertiary/aromatic N) is 6. The Balaban J connectivity index is 0.00000241. The first kappa shape index (κ1) is 21.7. The first-order valence-electron chi connectivity index (χ1n) is 10.8. The number of aromatic nitrogens is 6. The number of anilines is 1. The second-order valence-corrected chi connectivity index (χ2v) is 8.31. The van der Waals surface area contributed by atoms with Gasteiger partial charge >= 0.3 is 0 Å². The third-order valence-corrected chi connectivity index (χ3v) is 5.99. The normalized spacial score (nSPS) is 14.3. The summed E-state index contributed by atoms with van der Waals surface area (Å²) in [5, 5.41) is 14.5. The molecule has 0 unspecified atom stereocenters. The minimum Gasteiger partial charge on any atom is -0.489 e. The van der Waals surface area contributed by atoms with Crippen molar-refractivity contribution in [3.05, 3.63) is 65.5 Å². The fraction of sp³-hybridized carbons (Fsp3) is 0.292. The number of hydrogen-bond acceptors (Lipinski definition) is 6. The van der Waals surface area contributed by atoms with Gasteiger partial charge in [-0.2, -0.15) is 0 Å². The molecular formula is C24H24FN7O2. The zero-order chi connectivity index (χ0) is 22.5. The van der Waals surface area contributed by atoms with Gasteiger partial charge in [0.1, 0.15) is 12.4 Å². The van der Waals surface area contributed by atoms with Gasteiger partial charge in [-0.3, -0.25) is 4.79 Å². The number of tetrazole rings is 1. The number of hydrogen-bond donors (Lipinski definition) is 1. The predicted molar refractivity (Wildman–Crippen MR) is 124 cm³/mol. The Kier molecular flexibility index (Phi) is 5.35. The number of imidazole rings is 1. The minimum absolute atomic E-state index is 0. The maximum Gasteiger partial charge on any atom is 0.258 e. The van der Waals surface area contributed by atoms with Crippen LogP contribution >= 0.6 is 0 Å². The molecule has 0 radical (unpaired) electrons. The van der Waals surface area contributed by atoms with Crippen LogP contribution in [0.25, 0.3) is 17.1 Å². The summed E-state index contributed by atoms with van der Waals surface area (Å²) in [5.74, 6) is 0.342. The lowest BCUT2D eigenvalue weighted by Gasteiger charge is -2.15. The summed E-state index contributed by atoms with van der Waals surface area (Å²) < 4.78 is 24.2. The van der Waals surface area contributed by atoms with Crippen LogP contribution in [0.2, 0.25) is 0 Å². The van der Waals surface area contributed by atoms with E-state index in [1.54, 1.807) is 29.2 Å². The van der Waals surface area contributed by atoms with Gasteiger partial charge in [0.15, 0.2) is 11.6 Å². The van der Waals surface area contributed by atoms with E-state index >= 15 is 0 Å². The van der Waals surface area contributed by atoms with Crippen molar-refractivity contribution in [2.75, 3.05) is 11.9 Å². The Labute approximate surface area is 195 Å². The van der Waals surface area contributed by atoms with Crippen molar-refractivity contribution in [3.8, 4) is 22.8 Å². The molecule has 0 bridgehead atoms. The molecule has 0 saturated heterocycles. The Morgan fingerprint density at radius 2 is 2.12 bits per heavy atom. The summed E-state index contributed by atoms with van der Waals surface area (Å²) in [6.45, 7) is 2.63. The first-order valence-corrected chi connectivity index (χ1v) is 10.8. The van der Waals surface area contributed by atoms with E-state index in [2.05, 4.69) is 25.8 Å². The SMILES string of the molecule is C.Cc1cc(F)c(C(=O)Nc2cccc3c2OCCn2nnnc2-3)cc1-n1cnc(C2CC2)c1. The van der Waals surface area contributed by atoms with Gasteiger partial charge in [0.2, 0.25) is 0 Å². The molecule has 0 atom stereocenters. The van der Waals surface area contributed by atoms with Crippen LogP contribution in [0, 0.1) is 12.7 Å². The van der Waals surface area contributed by atoms with Crippen molar-refractivity contribution < 1.29 is 13.9 Å². The van der Waals surface area contributed by atoms with Gasteiger partial charge in [-0.05, 0) is 60.0 Å². The van der Waals surface area contributed by atoms with Crippen LogP contribution in [0.1, 0.15) is 47.8 Å². The number of para-hydroxylation sites is 1. The van der Waals surface area contributed by atoms with Crippen LogP contribution in [0.3, 0.4) is 0 Å². The monoisotopic (exact) mass is 461 g/mol. The maximum absolute atomic E-state index is 14.9. The Hall–Kier alpha value is -4.08. The van der Waals surface area contributed by atoms with Gasteiger partial charge in [0.05, 0.1) is 41.1 Å². The standard InChI is InChI=1S/C23H20FN7O2.CH4/c1-13-9-17(24)16(10-20(13)30-11-19(25-12-30)14-5-6-14)23(32)26-18-4-2-3-15-21(18)33-8-7-31-22(15)27-28-29-31;/h2-4,9-12,14H,5-8H2,1H3,(H,26,32);1H4. The molecule has 4 aromatic rings. The predicted octanol–water partition coefficient (Wildman–Crippen LogP) is 4.13. The maximum atomic E-state index is 14.9. The highest BCUT2D eigenvalue weighted by Crippen LogP contribution is 2.39. The van der Waals surface area contributed by atoms with E-state index in [4.69, 9.17) is 4.74 Å². The highest BCUT2D eigenvalue weighted by atomic mass is 19.1. The Bertz CT molecular complexity index is 1390. The smallest absolute Gasteiger partial charge is 0.258 e. The van der Waals surface area contributed by atoms with Gasteiger partial charge in [-0.15, -0.1) is 5.10 Å². The molecule has 1 fully saturated rings. The second kappa shape index (κ2) is 8.36. The van der Waals surface area contributed by atoms with Crippen LogP contribution in [-0.4, -0.2) is 42.3 Å². The van der Waals surface area contributed by atoms with E-state index in [0.717, 1.165) is 18.5 Å². The van der Waals surface area contributed by atoms with E-state index in [-0.39, 0.29) is 13.0 Å². The molecule has 10 heteroatoms. The molecule has 174 valence electrons. The number of halogens is 1. The molecule has 0 spiro atoms. The van der Waals surface area contributed by atoms with Crippen LogP contribution in [0.15, 0.2) is 42.9 Å². The minimum atomic E-state index is -0.594. The molecule has 1 amide bonds. The van der Waals surface area contributed by atoms with Gasteiger partial charge < -0.3 is 14.6 Å². The molecule has 34 heavy (non-hydrogen) atoms. The lowest BCUT2D eigenvalue weighted by Crippen LogP contribution is -2.16. The van der Waals surface area contributed by atoms with E-state index in [0.29, 0.717) is 53.1 Å². The van der Waals surface area contributed by atoms with Crippen molar-refractivity contribution in [1.29, 1.82) is 0 Å². The zero-order valence-corrected chi connectivity index (χ0v) is 17.8. The molecule has 2 aromatic heterocycles. The average Bonchev–Trinajstić information content (AvgIpc) is 3.41. The molecule has 9 nitrogen and oxygen atoms in total. The number of fused-ring (bicyclic) bond motifs is 3. The van der Waals surface area contributed by atoms with Gasteiger partial charge in [0.25, 0.3) is 5.91 Å². The van der Waals surface area contributed by atoms with Crippen molar-refractivity contribution in [2.24, 2.45) is 0 Å². The lowest BCUT2D eigenvalue weighted by molar-refractivity contribution is 0.102. The van der Waals surface area contributed by atoms with E-state index in [1.807, 2.05) is 23.8 Å².